The van der Waals surface area contributed by atoms with Gasteiger partial charge in [-0.2, -0.15) is 0 Å². The van der Waals surface area contributed by atoms with Gasteiger partial charge in [-0.1, -0.05) is 24.3 Å². The molecule has 0 saturated carbocycles. The van der Waals surface area contributed by atoms with Crippen LogP contribution in [0.15, 0.2) is 60.7 Å². The minimum absolute atomic E-state index is 0.0221. The molecule has 0 radical (unpaired) electrons. The van der Waals surface area contributed by atoms with Gasteiger partial charge >= 0.3 is 5.97 Å². The third-order valence-electron chi connectivity index (χ3n) is 4.95. The van der Waals surface area contributed by atoms with E-state index in [2.05, 4.69) is 0 Å². The van der Waals surface area contributed by atoms with Crippen molar-refractivity contribution >= 4 is 29.4 Å². The van der Waals surface area contributed by atoms with Gasteiger partial charge in [-0.05, 0) is 29.8 Å². The molecule has 0 aliphatic carbocycles. The SMILES string of the molecule is O=C(O)/C=C\C(=O)N(Cc1ccc2c(c1)OCO2)[C@H]1CC(=O)N(c2ccccc2)C1=O. The lowest BCUT2D eigenvalue weighted by Gasteiger charge is -2.26. The van der Waals surface area contributed by atoms with Gasteiger partial charge in [-0.15, -0.1) is 0 Å². The molecule has 31 heavy (non-hydrogen) atoms. The third kappa shape index (κ3) is 4.11. The molecular weight excluding hydrogens is 404 g/mol. The number of carboxylic acids is 1. The number of hydrogen-bond donors (Lipinski definition) is 1. The molecule has 1 N–H and O–H groups in total. The van der Waals surface area contributed by atoms with Crippen molar-refractivity contribution in [2.75, 3.05) is 11.7 Å². The van der Waals surface area contributed by atoms with Gasteiger partial charge in [0.2, 0.25) is 18.6 Å². The summed E-state index contributed by atoms with van der Waals surface area (Å²) in [6.45, 7) is 0.0657. The third-order valence-corrected chi connectivity index (χ3v) is 4.95. The molecule has 2 heterocycles. The minimum atomic E-state index is -1.30. The van der Waals surface area contributed by atoms with Gasteiger partial charge < -0.3 is 19.5 Å². The van der Waals surface area contributed by atoms with E-state index in [1.54, 1.807) is 48.5 Å². The number of carboxylic acid groups (broad SMARTS) is 1. The number of hydrogen-bond acceptors (Lipinski definition) is 6. The van der Waals surface area contributed by atoms with E-state index in [0.29, 0.717) is 28.8 Å². The van der Waals surface area contributed by atoms with Gasteiger partial charge in [0.1, 0.15) is 6.04 Å². The lowest BCUT2D eigenvalue weighted by molar-refractivity contribution is -0.135. The van der Waals surface area contributed by atoms with Crippen molar-refractivity contribution in [3.63, 3.8) is 0 Å². The van der Waals surface area contributed by atoms with Crippen molar-refractivity contribution in [1.82, 2.24) is 4.90 Å². The Balaban J connectivity index is 1.64. The zero-order chi connectivity index (χ0) is 22.0. The molecule has 1 fully saturated rings. The molecule has 158 valence electrons. The molecule has 2 aromatic carbocycles. The fourth-order valence-corrected chi connectivity index (χ4v) is 3.52. The fraction of sp³-hybridized carbons (Fsp3) is 0.182. The zero-order valence-electron chi connectivity index (χ0n) is 16.3. The van der Waals surface area contributed by atoms with Crippen molar-refractivity contribution in [1.29, 1.82) is 0 Å². The Hall–Kier alpha value is -4.14. The first-order valence-electron chi connectivity index (χ1n) is 9.46. The lowest BCUT2D eigenvalue weighted by Crippen LogP contribution is -2.44. The van der Waals surface area contributed by atoms with E-state index in [1.807, 2.05) is 0 Å². The number of rotatable bonds is 6. The van der Waals surface area contributed by atoms with Gasteiger partial charge in [-0.25, -0.2) is 9.69 Å². The number of para-hydroxylation sites is 1. The number of nitrogens with zero attached hydrogens (tertiary/aromatic N) is 2. The van der Waals surface area contributed by atoms with E-state index in [0.717, 1.165) is 11.0 Å². The van der Waals surface area contributed by atoms with E-state index >= 15 is 0 Å². The molecule has 0 aromatic heterocycles. The van der Waals surface area contributed by atoms with E-state index in [9.17, 15) is 19.2 Å². The number of anilines is 1. The Bertz CT molecular complexity index is 1080. The smallest absolute Gasteiger partial charge is 0.328 e. The molecule has 9 heteroatoms. The predicted octanol–water partition coefficient (Wildman–Crippen LogP) is 1.72. The van der Waals surface area contributed by atoms with Crippen LogP contribution in [0, 0.1) is 0 Å². The molecule has 3 amide bonds. The second kappa shape index (κ2) is 8.31. The van der Waals surface area contributed by atoms with E-state index in [1.165, 1.54) is 4.90 Å². The highest BCUT2D eigenvalue weighted by atomic mass is 16.7. The maximum absolute atomic E-state index is 13.1. The Morgan fingerprint density at radius 2 is 1.81 bits per heavy atom. The first kappa shape index (κ1) is 20.1. The highest BCUT2D eigenvalue weighted by molar-refractivity contribution is 6.23. The van der Waals surface area contributed by atoms with Crippen LogP contribution in [0.3, 0.4) is 0 Å². The van der Waals surface area contributed by atoms with E-state index in [4.69, 9.17) is 14.6 Å². The first-order valence-corrected chi connectivity index (χ1v) is 9.46. The summed E-state index contributed by atoms with van der Waals surface area (Å²) in [5.74, 6) is -1.90. The Kier molecular flexibility index (Phi) is 5.40. The first-order chi connectivity index (χ1) is 14.9. The largest absolute Gasteiger partial charge is 0.478 e. The Morgan fingerprint density at radius 3 is 2.55 bits per heavy atom. The summed E-state index contributed by atoms with van der Waals surface area (Å²) < 4.78 is 10.6. The summed E-state index contributed by atoms with van der Waals surface area (Å²) in [6, 6.07) is 12.4. The second-order valence-corrected chi connectivity index (χ2v) is 6.95. The van der Waals surface area contributed by atoms with Gasteiger partial charge in [0.05, 0.1) is 12.1 Å². The molecule has 1 atom stereocenters. The van der Waals surface area contributed by atoms with Crippen molar-refractivity contribution in [3.8, 4) is 11.5 Å². The molecule has 4 rings (SSSR count). The fourth-order valence-electron chi connectivity index (χ4n) is 3.52. The molecule has 0 spiro atoms. The summed E-state index contributed by atoms with van der Waals surface area (Å²) in [7, 11) is 0. The van der Waals surface area contributed by atoms with Crippen LogP contribution >= 0.6 is 0 Å². The summed E-state index contributed by atoms with van der Waals surface area (Å²) in [6.07, 6.45) is 1.37. The average Bonchev–Trinajstić information content (AvgIpc) is 3.34. The molecule has 1 saturated heterocycles. The van der Waals surface area contributed by atoms with Crippen LogP contribution in [0.1, 0.15) is 12.0 Å². The van der Waals surface area contributed by atoms with Crippen molar-refractivity contribution in [3.05, 3.63) is 66.2 Å². The lowest BCUT2D eigenvalue weighted by atomic mass is 10.1. The summed E-state index contributed by atoms with van der Waals surface area (Å²) in [5.41, 5.74) is 1.05. The minimum Gasteiger partial charge on any atom is -0.478 e. The van der Waals surface area contributed by atoms with Crippen LogP contribution in [0.4, 0.5) is 5.69 Å². The number of carbonyl (C=O) groups is 4. The standard InChI is InChI=1S/C22H18N2O7/c25-19(8-9-21(27)28)23(12-14-6-7-17-18(10-14)31-13-30-17)16-11-20(26)24(22(16)29)15-4-2-1-3-5-15/h1-10,16H,11-13H2,(H,27,28)/b9-8-/t16-/m0/s1. The summed E-state index contributed by atoms with van der Waals surface area (Å²) in [4.78, 5) is 51.6. The van der Waals surface area contributed by atoms with Crippen LogP contribution in [0.25, 0.3) is 0 Å². The second-order valence-electron chi connectivity index (χ2n) is 6.95. The van der Waals surface area contributed by atoms with Gasteiger partial charge in [-0.3, -0.25) is 14.4 Å². The average molecular weight is 422 g/mol. The number of fused-ring (bicyclic) bond motifs is 1. The highest BCUT2D eigenvalue weighted by Crippen LogP contribution is 2.33. The number of aliphatic carboxylic acids is 1. The molecule has 0 unspecified atom stereocenters. The summed E-state index contributed by atoms with van der Waals surface area (Å²) in [5, 5.41) is 8.87. The molecule has 9 nitrogen and oxygen atoms in total. The van der Waals surface area contributed by atoms with Gasteiger partial charge in [0.25, 0.3) is 5.91 Å². The molecule has 2 aliphatic heterocycles. The van der Waals surface area contributed by atoms with Gasteiger partial charge in [0.15, 0.2) is 11.5 Å². The van der Waals surface area contributed by atoms with Crippen LogP contribution in [-0.4, -0.2) is 46.5 Å². The maximum Gasteiger partial charge on any atom is 0.328 e. The van der Waals surface area contributed by atoms with E-state index < -0.39 is 29.7 Å². The number of ether oxygens (including phenoxy) is 2. The van der Waals surface area contributed by atoms with Crippen LogP contribution in [-0.2, 0) is 25.7 Å². The van der Waals surface area contributed by atoms with Crippen molar-refractivity contribution < 1.29 is 33.8 Å². The van der Waals surface area contributed by atoms with Crippen LogP contribution in [0.5, 0.6) is 11.5 Å². The maximum atomic E-state index is 13.1. The van der Waals surface area contributed by atoms with Crippen LogP contribution in [0.2, 0.25) is 0 Å². The van der Waals surface area contributed by atoms with E-state index in [-0.39, 0.29) is 19.8 Å². The summed E-state index contributed by atoms with van der Waals surface area (Å²) >= 11 is 0. The molecule has 0 bridgehead atoms. The molecule has 2 aliphatic rings. The predicted molar refractivity (Wildman–Crippen MR) is 107 cm³/mol. The normalized spacial score (nSPS) is 17.4. The zero-order valence-corrected chi connectivity index (χ0v) is 16.3. The van der Waals surface area contributed by atoms with Crippen molar-refractivity contribution in [2.24, 2.45) is 0 Å². The number of benzene rings is 2. The highest BCUT2D eigenvalue weighted by Gasteiger charge is 2.44. The monoisotopic (exact) mass is 422 g/mol. The van der Waals surface area contributed by atoms with Crippen LogP contribution < -0.4 is 14.4 Å². The topological polar surface area (TPSA) is 113 Å². The number of imide groups is 1. The number of carbonyl (C=O) groups excluding carboxylic acids is 3. The molecular formula is C22H18N2O7. The van der Waals surface area contributed by atoms with Crippen molar-refractivity contribution in [2.45, 2.75) is 19.0 Å². The van der Waals surface area contributed by atoms with Gasteiger partial charge in [0, 0.05) is 18.7 Å². The Morgan fingerprint density at radius 1 is 1.06 bits per heavy atom. The quantitative estimate of drug-likeness (QED) is 0.557. The Labute approximate surface area is 177 Å². The molecule has 2 aromatic rings. The number of amides is 3.